The van der Waals surface area contributed by atoms with Gasteiger partial charge in [0, 0.05) is 25.0 Å². The predicted octanol–water partition coefficient (Wildman–Crippen LogP) is 2.74. The first-order chi connectivity index (χ1) is 10.2. The minimum Gasteiger partial charge on any atom is -0.352 e. The van der Waals surface area contributed by atoms with Crippen LogP contribution < -0.4 is 5.32 Å². The van der Waals surface area contributed by atoms with Crippen molar-refractivity contribution in [2.24, 2.45) is 5.92 Å². The minimum absolute atomic E-state index is 0.00234. The highest BCUT2D eigenvalue weighted by Crippen LogP contribution is 2.26. The van der Waals surface area contributed by atoms with E-state index in [1.54, 1.807) is 11.0 Å². The highest BCUT2D eigenvalue weighted by molar-refractivity contribution is 6.30. The van der Waals surface area contributed by atoms with Crippen LogP contribution in [0, 0.1) is 11.7 Å². The van der Waals surface area contributed by atoms with Crippen molar-refractivity contribution >= 4 is 23.4 Å². The number of hydrogen-bond donors (Lipinski definition) is 1. The Hall–Kier alpha value is -1.62. The molecule has 0 saturated carbocycles. The van der Waals surface area contributed by atoms with Gasteiger partial charge in [-0.3, -0.25) is 9.59 Å². The fraction of sp³-hybridized carbons (Fsp3) is 0.500. The molecule has 0 aromatic heterocycles. The second-order valence-electron chi connectivity index (χ2n) is 6.54. The van der Waals surface area contributed by atoms with Gasteiger partial charge in [0.15, 0.2) is 0 Å². The van der Waals surface area contributed by atoms with Crippen LogP contribution in [-0.2, 0) is 16.1 Å². The van der Waals surface area contributed by atoms with Gasteiger partial charge in [0.2, 0.25) is 11.8 Å². The van der Waals surface area contributed by atoms with Gasteiger partial charge in [0.05, 0.1) is 10.9 Å². The van der Waals surface area contributed by atoms with E-state index in [2.05, 4.69) is 5.32 Å². The van der Waals surface area contributed by atoms with E-state index in [0.29, 0.717) is 6.54 Å². The van der Waals surface area contributed by atoms with Gasteiger partial charge in [0.25, 0.3) is 0 Å². The topological polar surface area (TPSA) is 49.4 Å². The first kappa shape index (κ1) is 16.7. The molecule has 2 rings (SSSR count). The average molecular weight is 327 g/mol. The molecule has 0 aliphatic carbocycles. The number of halogens is 2. The van der Waals surface area contributed by atoms with Crippen LogP contribution in [0.2, 0.25) is 5.02 Å². The number of carbonyl (C=O) groups excluding carboxylic acids is 2. The molecule has 4 nitrogen and oxygen atoms in total. The average Bonchev–Trinajstić information content (AvgIpc) is 2.82. The molecular formula is C16H20ClFN2O2. The Labute approximate surface area is 134 Å². The number of benzene rings is 1. The van der Waals surface area contributed by atoms with Crippen LogP contribution in [0.25, 0.3) is 0 Å². The maximum Gasteiger partial charge on any atom is 0.225 e. The van der Waals surface area contributed by atoms with Gasteiger partial charge in [-0.25, -0.2) is 4.39 Å². The van der Waals surface area contributed by atoms with Crippen LogP contribution in [0.3, 0.4) is 0 Å². The van der Waals surface area contributed by atoms with Crippen LogP contribution in [0.5, 0.6) is 0 Å². The van der Waals surface area contributed by atoms with Gasteiger partial charge in [0.1, 0.15) is 5.82 Å². The van der Waals surface area contributed by atoms with E-state index >= 15 is 0 Å². The summed E-state index contributed by atoms with van der Waals surface area (Å²) in [6, 6.07) is 4.32. The first-order valence-electron chi connectivity index (χ1n) is 7.20. The molecule has 1 aromatic rings. The Morgan fingerprint density at radius 3 is 2.68 bits per heavy atom. The maximum absolute atomic E-state index is 13.1. The van der Waals surface area contributed by atoms with Crippen molar-refractivity contribution in [2.75, 3.05) is 6.54 Å². The van der Waals surface area contributed by atoms with E-state index in [-0.39, 0.29) is 41.3 Å². The largest absolute Gasteiger partial charge is 0.352 e. The van der Waals surface area contributed by atoms with Crippen LogP contribution in [0.4, 0.5) is 4.39 Å². The van der Waals surface area contributed by atoms with Gasteiger partial charge in [-0.15, -0.1) is 0 Å². The Kier molecular flexibility index (Phi) is 4.75. The van der Waals surface area contributed by atoms with Crippen molar-refractivity contribution in [3.8, 4) is 0 Å². The van der Waals surface area contributed by atoms with E-state index in [4.69, 9.17) is 11.6 Å². The Balaban J connectivity index is 1.93. The van der Waals surface area contributed by atoms with Gasteiger partial charge >= 0.3 is 0 Å². The van der Waals surface area contributed by atoms with E-state index in [1.807, 2.05) is 20.8 Å². The molecular weight excluding hydrogens is 307 g/mol. The molecule has 0 spiro atoms. The standard InChI is InChI=1S/C16H20ClFN2O2/c1-16(2,3)20-9-11(7-14(20)21)15(22)19-8-10-4-5-13(18)12(17)6-10/h4-6,11H,7-9H2,1-3H3,(H,19,22)/t11-/m1/s1. The van der Waals surface area contributed by atoms with Crippen LogP contribution in [-0.4, -0.2) is 28.8 Å². The van der Waals surface area contributed by atoms with Crippen molar-refractivity contribution in [1.29, 1.82) is 0 Å². The van der Waals surface area contributed by atoms with E-state index in [0.717, 1.165) is 5.56 Å². The number of rotatable bonds is 3. The number of nitrogens with one attached hydrogen (secondary N) is 1. The predicted molar refractivity (Wildman–Crippen MR) is 82.8 cm³/mol. The summed E-state index contributed by atoms with van der Waals surface area (Å²) < 4.78 is 13.1. The van der Waals surface area contributed by atoms with Crippen molar-refractivity contribution in [1.82, 2.24) is 10.2 Å². The van der Waals surface area contributed by atoms with E-state index in [1.165, 1.54) is 12.1 Å². The lowest BCUT2D eigenvalue weighted by molar-refractivity contribution is -0.132. The number of carbonyl (C=O) groups is 2. The van der Waals surface area contributed by atoms with Crippen molar-refractivity contribution in [3.63, 3.8) is 0 Å². The third-order valence-electron chi connectivity index (χ3n) is 3.76. The fourth-order valence-electron chi connectivity index (χ4n) is 2.51. The maximum atomic E-state index is 13.1. The zero-order valence-corrected chi connectivity index (χ0v) is 13.7. The number of nitrogens with zero attached hydrogens (tertiary/aromatic N) is 1. The van der Waals surface area contributed by atoms with Crippen molar-refractivity contribution in [2.45, 2.75) is 39.3 Å². The van der Waals surface area contributed by atoms with Gasteiger partial charge < -0.3 is 10.2 Å². The molecule has 22 heavy (non-hydrogen) atoms. The molecule has 1 heterocycles. The van der Waals surface area contributed by atoms with E-state index in [9.17, 15) is 14.0 Å². The highest BCUT2D eigenvalue weighted by atomic mass is 35.5. The molecule has 6 heteroatoms. The number of hydrogen-bond acceptors (Lipinski definition) is 2. The fourth-order valence-corrected chi connectivity index (χ4v) is 2.72. The summed E-state index contributed by atoms with van der Waals surface area (Å²) in [6.45, 7) is 6.54. The second kappa shape index (κ2) is 6.24. The third kappa shape index (κ3) is 3.77. The zero-order chi connectivity index (χ0) is 16.5. The molecule has 1 aromatic carbocycles. The summed E-state index contributed by atoms with van der Waals surface area (Å²) in [4.78, 5) is 25.9. The van der Waals surface area contributed by atoms with Gasteiger partial charge in [-0.1, -0.05) is 17.7 Å². The number of amides is 2. The Morgan fingerprint density at radius 2 is 2.14 bits per heavy atom. The summed E-state index contributed by atoms with van der Waals surface area (Å²) in [7, 11) is 0. The Bertz CT molecular complexity index is 598. The quantitative estimate of drug-likeness (QED) is 0.928. The summed E-state index contributed by atoms with van der Waals surface area (Å²) in [5.41, 5.74) is 0.438. The lowest BCUT2D eigenvalue weighted by atomic mass is 10.1. The van der Waals surface area contributed by atoms with Crippen LogP contribution in [0.15, 0.2) is 18.2 Å². The minimum atomic E-state index is -0.487. The molecule has 1 N–H and O–H groups in total. The summed E-state index contributed by atoms with van der Waals surface area (Å²) >= 11 is 5.71. The summed E-state index contributed by atoms with van der Waals surface area (Å²) in [5.74, 6) is -1.00. The third-order valence-corrected chi connectivity index (χ3v) is 4.05. The van der Waals surface area contributed by atoms with Crippen LogP contribution >= 0.6 is 11.6 Å². The molecule has 1 atom stereocenters. The van der Waals surface area contributed by atoms with Crippen molar-refractivity contribution in [3.05, 3.63) is 34.6 Å². The van der Waals surface area contributed by atoms with E-state index < -0.39 is 5.82 Å². The molecule has 1 saturated heterocycles. The summed E-state index contributed by atoms with van der Waals surface area (Å²) in [6.07, 6.45) is 0.229. The normalized spacial score (nSPS) is 18.7. The molecule has 1 aliphatic rings. The van der Waals surface area contributed by atoms with Crippen molar-refractivity contribution < 1.29 is 14.0 Å². The molecule has 0 unspecified atom stereocenters. The molecule has 2 amide bonds. The second-order valence-corrected chi connectivity index (χ2v) is 6.95. The smallest absolute Gasteiger partial charge is 0.225 e. The first-order valence-corrected chi connectivity index (χ1v) is 7.58. The highest BCUT2D eigenvalue weighted by Gasteiger charge is 2.39. The lowest BCUT2D eigenvalue weighted by Crippen LogP contribution is -2.43. The monoisotopic (exact) mass is 326 g/mol. The zero-order valence-electron chi connectivity index (χ0n) is 13.0. The molecule has 0 radical (unpaired) electrons. The molecule has 120 valence electrons. The SMILES string of the molecule is CC(C)(C)N1C[C@H](C(=O)NCc2ccc(F)c(Cl)c2)CC1=O. The molecule has 1 aliphatic heterocycles. The number of likely N-dealkylation sites (tertiary alicyclic amines) is 1. The van der Waals surface area contributed by atoms with Crippen LogP contribution in [0.1, 0.15) is 32.8 Å². The lowest BCUT2D eigenvalue weighted by Gasteiger charge is -2.31. The summed E-state index contributed by atoms with van der Waals surface area (Å²) in [5, 5.41) is 2.81. The van der Waals surface area contributed by atoms with Gasteiger partial charge in [-0.05, 0) is 38.5 Å². The molecule has 0 bridgehead atoms. The van der Waals surface area contributed by atoms with Gasteiger partial charge in [-0.2, -0.15) is 0 Å². The molecule has 1 fully saturated rings. The Morgan fingerprint density at radius 1 is 1.45 bits per heavy atom.